The van der Waals surface area contributed by atoms with E-state index in [9.17, 15) is 4.79 Å². The van der Waals surface area contributed by atoms with Crippen LogP contribution in [0.4, 0.5) is 0 Å². The number of aryl methyl sites for hydroxylation is 1. The van der Waals surface area contributed by atoms with Crippen LogP contribution in [-0.2, 0) is 0 Å². The van der Waals surface area contributed by atoms with E-state index >= 15 is 0 Å². The Hall–Kier alpha value is -1.63. The summed E-state index contributed by atoms with van der Waals surface area (Å²) in [5, 5.41) is 1.84. The monoisotopic (exact) mass is 406 g/mol. The van der Waals surface area contributed by atoms with Gasteiger partial charge in [0.05, 0.1) is 23.7 Å². The van der Waals surface area contributed by atoms with E-state index < -0.39 is 0 Å². The predicted octanol–water partition coefficient (Wildman–Crippen LogP) is 4.81. The van der Waals surface area contributed by atoms with E-state index in [0.29, 0.717) is 32.5 Å². The molecule has 0 atom stereocenters. The molecule has 0 aliphatic carbocycles. The average Bonchev–Trinajstić information content (AvgIpc) is 2.64. The molecule has 1 heterocycles. The van der Waals surface area contributed by atoms with Crippen LogP contribution in [0.3, 0.4) is 0 Å². The molecular formula is C19H19ClN2O2S2. The number of benzene rings is 2. The molecule has 0 aliphatic heterocycles. The fourth-order valence-electron chi connectivity index (χ4n) is 2.62. The van der Waals surface area contributed by atoms with Gasteiger partial charge < -0.3 is 4.74 Å². The minimum atomic E-state index is -0.109. The molecule has 0 unspecified atom stereocenters. The molecule has 0 saturated carbocycles. The van der Waals surface area contributed by atoms with Crippen LogP contribution in [0, 0.1) is 6.92 Å². The number of nitrogens with zero attached hydrogens (tertiary/aromatic N) is 2. The van der Waals surface area contributed by atoms with Crippen LogP contribution in [-0.4, -0.2) is 34.4 Å². The lowest BCUT2D eigenvalue weighted by molar-refractivity contribution is 0.411. The van der Waals surface area contributed by atoms with Gasteiger partial charge in [-0.3, -0.25) is 9.36 Å². The van der Waals surface area contributed by atoms with Crippen molar-refractivity contribution in [3.63, 3.8) is 0 Å². The fraction of sp³-hybridized carbons (Fsp3) is 0.263. The molecule has 0 amide bonds. The van der Waals surface area contributed by atoms with Crippen LogP contribution in [0.15, 0.2) is 46.3 Å². The molecule has 2 aromatic carbocycles. The second kappa shape index (κ2) is 8.37. The van der Waals surface area contributed by atoms with Crippen molar-refractivity contribution in [2.24, 2.45) is 0 Å². The molecule has 0 spiro atoms. The summed E-state index contributed by atoms with van der Waals surface area (Å²) in [6.07, 6.45) is 2.06. The molecular weight excluding hydrogens is 388 g/mol. The lowest BCUT2D eigenvalue weighted by atomic mass is 10.2. The summed E-state index contributed by atoms with van der Waals surface area (Å²) in [6, 6.07) is 11.0. The standard InChI is InChI=1S/C19H19ClN2O2S2/c1-12-10-16(17(24-2)11-14(12)20)22-18(23)13-6-4-5-7-15(13)21-19(22)26-9-8-25-3/h4-7,10-11H,8-9H2,1-3H3. The molecule has 26 heavy (non-hydrogen) atoms. The van der Waals surface area contributed by atoms with Crippen molar-refractivity contribution >= 4 is 46.0 Å². The number of methoxy groups -OCH3 is 1. The van der Waals surface area contributed by atoms with Crippen LogP contribution >= 0.6 is 35.1 Å². The van der Waals surface area contributed by atoms with Crippen molar-refractivity contribution < 1.29 is 4.74 Å². The van der Waals surface area contributed by atoms with Gasteiger partial charge in [-0.05, 0) is 36.9 Å². The number of hydrogen-bond acceptors (Lipinski definition) is 5. The van der Waals surface area contributed by atoms with Gasteiger partial charge in [0.25, 0.3) is 5.56 Å². The van der Waals surface area contributed by atoms with E-state index in [0.717, 1.165) is 17.1 Å². The number of fused-ring (bicyclic) bond motifs is 1. The Labute approximate surface area is 165 Å². The average molecular weight is 407 g/mol. The highest BCUT2D eigenvalue weighted by Crippen LogP contribution is 2.32. The molecule has 0 fully saturated rings. The first-order valence-electron chi connectivity index (χ1n) is 8.05. The maximum absolute atomic E-state index is 13.3. The van der Waals surface area contributed by atoms with Gasteiger partial charge >= 0.3 is 0 Å². The van der Waals surface area contributed by atoms with Gasteiger partial charge in [0, 0.05) is 22.6 Å². The number of halogens is 1. The smallest absolute Gasteiger partial charge is 0.266 e. The normalized spacial score (nSPS) is 11.1. The van der Waals surface area contributed by atoms with Crippen LogP contribution in [0.1, 0.15) is 5.56 Å². The summed E-state index contributed by atoms with van der Waals surface area (Å²) < 4.78 is 7.13. The van der Waals surface area contributed by atoms with E-state index in [1.165, 1.54) is 0 Å². The molecule has 7 heteroatoms. The first-order chi connectivity index (χ1) is 12.6. The van der Waals surface area contributed by atoms with Crippen molar-refractivity contribution in [1.29, 1.82) is 0 Å². The number of aromatic nitrogens is 2. The fourth-order valence-corrected chi connectivity index (χ4v) is 4.43. The number of thioether (sulfide) groups is 2. The zero-order chi connectivity index (χ0) is 18.7. The van der Waals surface area contributed by atoms with Crippen molar-refractivity contribution in [2.45, 2.75) is 12.1 Å². The minimum absolute atomic E-state index is 0.109. The van der Waals surface area contributed by atoms with Gasteiger partial charge in [-0.25, -0.2) is 4.98 Å². The summed E-state index contributed by atoms with van der Waals surface area (Å²) in [7, 11) is 1.57. The molecule has 4 nitrogen and oxygen atoms in total. The molecule has 0 bridgehead atoms. The number of rotatable bonds is 6. The highest BCUT2D eigenvalue weighted by molar-refractivity contribution is 8.02. The molecule has 0 N–H and O–H groups in total. The third-order valence-electron chi connectivity index (χ3n) is 3.96. The Morgan fingerprint density at radius 2 is 2.00 bits per heavy atom. The summed E-state index contributed by atoms with van der Waals surface area (Å²) in [5.74, 6) is 2.39. The van der Waals surface area contributed by atoms with Crippen molar-refractivity contribution in [2.75, 3.05) is 24.9 Å². The van der Waals surface area contributed by atoms with E-state index in [1.54, 1.807) is 47.3 Å². The van der Waals surface area contributed by atoms with Gasteiger partial charge in [0.2, 0.25) is 0 Å². The largest absolute Gasteiger partial charge is 0.495 e. The first-order valence-corrected chi connectivity index (χ1v) is 10.8. The Balaban J connectivity index is 2.30. The Kier molecular flexibility index (Phi) is 6.16. The molecule has 0 radical (unpaired) electrons. The van der Waals surface area contributed by atoms with Gasteiger partial charge in [-0.15, -0.1) is 0 Å². The van der Waals surface area contributed by atoms with E-state index in [1.807, 2.05) is 31.2 Å². The molecule has 0 saturated heterocycles. The number of hydrogen-bond donors (Lipinski definition) is 0. The Morgan fingerprint density at radius 1 is 1.23 bits per heavy atom. The summed E-state index contributed by atoms with van der Waals surface area (Å²) >= 11 is 9.57. The maximum atomic E-state index is 13.3. The number of ether oxygens (including phenoxy) is 1. The molecule has 3 aromatic rings. The minimum Gasteiger partial charge on any atom is -0.495 e. The molecule has 0 aliphatic rings. The molecule has 1 aromatic heterocycles. The highest BCUT2D eigenvalue weighted by atomic mass is 35.5. The Bertz CT molecular complexity index is 1000. The maximum Gasteiger partial charge on any atom is 0.266 e. The SMILES string of the molecule is COc1cc(Cl)c(C)cc1-n1c(SCCSC)nc2ccccc2c1=O. The second-order valence-corrected chi connectivity index (χ2v) is 8.12. The second-order valence-electron chi connectivity index (χ2n) is 5.67. The first kappa shape index (κ1) is 19.1. The summed E-state index contributed by atoms with van der Waals surface area (Å²) in [4.78, 5) is 18.0. The number of para-hydroxylation sites is 1. The topological polar surface area (TPSA) is 44.1 Å². The molecule has 136 valence electrons. The van der Waals surface area contributed by atoms with Gasteiger partial charge in [0.1, 0.15) is 5.75 Å². The zero-order valence-corrected chi connectivity index (χ0v) is 17.2. The van der Waals surface area contributed by atoms with Crippen molar-refractivity contribution in [1.82, 2.24) is 9.55 Å². The lowest BCUT2D eigenvalue weighted by Crippen LogP contribution is -2.22. The van der Waals surface area contributed by atoms with Gasteiger partial charge in [0.15, 0.2) is 5.16 Å². The van der Waals surface area contributed by atoms with E-state index in [2.05, 4.69) is 6.26 Å². The van der Waals surface area contributed by atoms with Crippen molar-refractivity contribution in [3.05, 3.63) is 57.3 Å². The summed E-state index contributed by atoms with van der Waals surface area (Å²) in [6.45, 7) is 1.91. The quantitative estimate of drug-likeness (QED) is 0.334. The van der Waals surface area contributed by atoms with E-state index in [4.69, 9.17) is 21.3 Å². The Morgan fingerprint density at radius 3 is 2.73 bits per heavy atom. The lowest BCUT2D eigenvalue weighted by Gasteiger charge is -2.17. The molecule has 3 rings (SSSR count). The third kappa shape index (κ3) is 3.72. The van der Waals surface area contributed by atoms with Gasteiger partial charge in [-0.1, -0.05) is 35.5 Å². The van der Waals surface area contributed by atoms with Crippen LogP contribution in [0.2, 0.25) is 5.02 Å². The predicted molar refractivity (Wildman–Crippen MR) is 113 cm³/mol. The zero-order valence-electron chi connectivity index (χ0n) is 14.8. The third-order valence-corrected chi connectivity index (χ3v) is 6.18. The highest BCUT2D eigenvalue weighted by Gasteiger charge is 2.17. The van der Waals surface area contributed by atoms with Gasteiger partial charge in [-0.2, -0.15) is 11.8 Å². The summed E-state index contributed by atoms with van der Waals surface area (Å²) in [5.41, 5.74) is 2.12. The van der Waals surface area contributed by atoms with Crippen LogP contribution in [0.25, 0.3) is 16.6 Å². The van der Waals surface area contributed by atoms with E-state index in [-0.39, 0.29) is 5.56 Å². The van der Waals surface area contributed by atoms with Crippen LogP contribution in [0.5, 0.6) is 5.75 Å². The van der Waals surface area contributed by atoms with Crippen molar-refractivity contribution in [3.8, 4) is 11.4 Å². The van der Waals surface area contributed by atoms with Crippen LogP contribution < -0.4 is 10.3 Å².